The highest BCUT2D eigenvalue weighted by atomic mass is 32.2. The highest BCUT2D eigenvalue weighted by Crippen LogP contribution is 2.20. The SMILES string of the molecule is COc1ccc(CN2CCNC(=O)[C@H]2CC(=O)NCCCSC)c(F)c1. The number of nitrogens with one attached hydrogen (secondary N) is 2. The number of hydrogen-bond acceptors (Lipinski definition) is 5. The van der Waals surface area contributed by atoms with Gasteiger partial charge in [-0.3, -0.25) is 14.5 Å². The lowest BCUT2D eigenvalue weighted by Gasteiger charge is -2.34. The number of rotatable bonds is 9. The highest BCUT2D eigenvalue weighted by molar-refractivity contribution is 7.98. The fraction of sp³-hybridized carbons (Fsp3) is 0.556. The van der Waals surface area contributed by atoms with Crippen molar-refractivity contribution >= 4 is 23.6 Å². The zero-order valence-electron chi connectivity index (χ0n) is 15.2. The van der Waals surface area contributed by atoms with E-state index < -0.39 is 6.04 Å². The van der Waals surface area contributed by atoms with Gasteiger partial charge in [0.25, 0.3) is 0 Å². The second-order valence-electron chi connectivity index (χ2n) is 6.14. The zero-order valence-corrected chi connectivity index (χ0v) is 16.0. The summed E-state index contributed by atoms with van der Waals surface area (Å²) in [5.41, 5.74) is 0.478. The highest BCUT2D eigenvalue weighted by Gasteiger charge is 2.31. The molecular weight excluding hydrogens is 357 g/mol. The number of carbonyl (C=O) groups is 2. The molecule has 1 aliphatic heterocycles. The summed E-state index contributed by atoms with van der Waals surface area (Å²) in [7, 11) is 1.48. The maximum Gasteiger partial charge on any atom is 0.237 e. The van der Waals surface area contributed by atoms with Crippen LogP contribution in [-0.4, -0.2) is 61.5 Å². The van der Waals surface area contributed by atoms with Gasteiger partial charge in [0, 0.05) is 37.8 Å². The van der Waals surface area contributed by atoms with Crippen LogP contribution >= 0.6 is 11.8 Å². The first kappa shape index (κ1) is 20.5. The molecule has 0 aromatic heterocycles. The zero-order chi connectivity index (χ0) is 18.9. The van der Waals surface area contributed by atoms with Crippen LogP contribution in [0.25, 0.3) is 0 Å². The van der Waals surface area contributed by atoms with Crippen LogP contribution in [-0.2, 0) is 16.1 Å². The van der Waals surface area contributed by atoms with Crippen LogP contribution in [0, 0.1) is 5.82 Å². The van der Waals surface area contributed by atoms with E-state index in [1.807, 2.05) is 11.2 Å². The second-order valence-corrected chi connectivity index (χ2v) is 7.12. The van der Waals surface area contributed by atoms with Gasteiger partial charge >= 0.3 is 0 Å². The maximum atomic E-state index is 14.2. The summed E-state index contributed by atoms with van der Waals surface area (Å²) in [6.45, 7) is 1.93. The third-order valence-electron chi connectivity index (χ3n) is 4.30. The van der Waals surface area contributed by atoms with Crippen molar-refractivity contribution in [3.63, 3.8) is 0 Å². The molecule has 1 atom stereocenters. The van der Waals surface area contributed by atoms with E-state index in [0.717, 1.165) is 12.2 Å². The van der Waals surface area contributed by atoms with E-state index in [-0.39, 0.29) is 30.6 Å². The van der Waals surface area contributed by atoms with Crippen LogP contribution in [0.1, 0.15) is 18.4 Å². The topological polar surface area (TPSA) is 70.7 Å². The first-order valence-corrected chi connectivity index (χ1v) is 10.0. The maximum absolute atomic E-state index is 14.2. The Kier molecular flexibility index (Phi) is 8.18. The average molecular weight is 383 g/mol. The van der Waals surface area contributed by atoms with Crippen molar-refractivity contribution in [2.24, 2.45) is 0 Å². The minimum atomic E-state index is -0.592. The molecule has 0 saturated carbocycles. The molecule has 26 heavy (non-hydrogen) atoms. The Morgan fingerprint density at radius 3 is 3.00 bits per heavy atom. The number of carbonyl (C=O) groups excluding carboxylic acids is 2. The number of nitrogens with zero attached hydrogens (tertiary/aromatic N) is 1. The minimum absolute atomic E-state index is 0.0723. The predicted molar refractivity (Wildman–Crippen MR) is 101 cm³/mol. The normalized spacial score (nSPS) is 17.7. The van der Waals surface area contributed by atoms with Crippen LogP contribution in [0.5, 0.6) is 5.75 Å². The number of amides is 2. The number of benzene rings is 1. The van der Waals surface area contributed by atoms with E-state index in [0.29, 0.717) is 30.9 Å². The lowest BCUT2D eigenvalue weighted by molar-refractivity contribution is -0.134. The summed E-state index contributed by atoms with van der Waals surface area (Å²) in [5, 5.41) is 5.63. The van der Waals surface area contributed by atoms with Gasteiger partial charge in [-0.25, -0.2) is 4.39 Å². The molecule has 1 fully saturated rings. The number of methoxy groups -OCH3 is 1. The monoisotopic (exact) mass is 383 g/mol. The molecule has 2 amide bonds. The molecule has 6 nitrogen and oxygen atoms in total. The van der Waals surface area contributed by atoms with Crippen molar-refractivity contribution in [3.8, 4) is 5.75 Å². The van der Waals surface area contributed by atoms with Crippen molar-refractivity contribution < 1.29 is 18.7 Å². The Morgan fingerprint density at radius 2 is 2.31 bits per heavy atom. The van der Waals surface area contributed by atoms with E-state index in [9.17, 15) is 14.0 Å². The van der Waals surface area contributed by atoms with E-state index in [1.54, 1.807) is 23.9 Å². The molecule has 0 bridgehead atoms. The fourth-order valence-corrected chi connectivity index (χ4v) is 3.30. The second kappa shape index (κ2) is 10.4. The first-order valence-electron chi connectivity index (χ1n) is 8.65. The van der Waals surface area contributed by atoms with Gasteiger partial charge in [-0.15, -0.1) is 0 Å². The Bertz CT molecular complexity index is 630. The van der Waals surface area contributed by atoms with Crippen molar-refractivity contribution in [1.29, 1.82) is 0 Å². The molecule has 8 heteroatoms. The molecule has 0 unspecified atom stereocenters. The Labute approximate surface area is 157 Å². The van der Waals surface area contributed by atoms with Crippen LogP contribution in [0.4, 0.5) is 4.39 Å². The van der Waals surface area contributed by atoms with Gasteiger partial charge in [0.2, 0.25) is 11.8 Å². The molecule has 1 saturated heterocycles. The Morgan fingerprint density at radius 1 is 1.50 bits per heavy atom. The van der Waals surface area contributed by atoms with E-state index in [4.69, 9.17) is 4.74 Å². The molecule has 1 aliphatic rings. The van der Waals surface area contributed by atoms with Crippen molar-refractivity contribution in [2.45, 2.75) is 25.4 Å². The molecule has 1 aromatic carbocycles. The minimum Gasteiger partial charge on any atom is -0.497 e. The largest absolute Gasteiger partial charge is 0.497 e. The standard InChI is InChI=1S/C18H26FN3O3S/c1-25-14-5-4-13(15(19)10-14)12-22-8-7-21-18(24)16(22)11-17(23)20-6-3-9-26-2/h4-5,10,16H,3,6-9,11-12H2,1-2H3,(H,20,23)(H,21,24)/t16-/m1/s1. The molecule has 2 N–H and O–H groups in total. The van der Waals surface area contributed by atoms with Gasteiger partial charge < -0.3 is 15.4 Å². The summed E-state index contributed by atoms with van der Waals surface area (Å²) in [4.78, 5) is 26.2. The third kappa shape index (κ3) is 5.88. The quantitative estimate of drug-likeness (QED) is 0.631. The molecule has 2 rings (SSSR count). The van der Waals surface area contributed by atoms with Gasteiger partial charge in [0.1, 0.15) is 11.6 Å². The van der Waals surface area contributed by atoms with Crippen LogP contribution in [0.2, 0.25) is 0 Å². The number of hydrogen-bond donors (Lipinski definition) is 2. The molecule has 1 heterocycles. The Balaban J connectivity index is 1.98. The van der Waals surface area contributed by atoms with E-state index in [2.05, 4.69) is 10.6 Å². The summed E-state index contributed by atoms with van der Waals surface area (Å²) in [5.74, 6) is 0.699. The van der Waals surface area contributed by atoms with E-state index in [1.165, 1.54) is 13.2 Å². The molecular formula is C18H26FN3O3S. The van der Waals surface area contributed by atoms with Gasteiger partial charge in [-0.05, 0) is 24.5 Å². The summed E-state index contributed by atoms with van der Waals surface area (Å²) < 4.78 is 19.2. The number of thioether (sulfide) groups is 1. The van der Waals surface area contributed by atoms with E-state index >= 15 is 0 Å². The first-order chi connectivity index (χ1) is 12.5. The molecule has 1 aromatic rings. The van der Waals surface area contributed by atoms with Gasteiger partial charge in [0.05, 0.1) is 19.6 Å². The lowest BCUT2D eigenvalue weighted by atomic mass is 10.1. The Hall–Kier alpha value is -1.80. The molecule has 0 aliphatic carbocycles. The van der Waals surface area contributed by atoms with Gasteiger partial charge in [-0.2, -0.15) is 11.8 Å². The molecule has 0 radical (unpaired) electrons. The van der Waals surface area contributed by atoms with Crippen LogP contribution in [0.15, 0.2) is 18.2 Å². The predicted octanol–water partition coefficient (Wildman–Crippen LogP) is 1.39. The van der Waals surface area contributed by atoms with Crippen molar-refractivity contribution in [2.75, 3.05) is 38.8 Å². The summed E-state index contributed by atoms with van der Waals surface area (Å²) in [6.07, 6.45) is 2.98. The summed E-state index contributed by atoms with van der Waals surface area (Å²) >= 11 is 1.73. The van der Waals surface area contributed by atoms with Crippen molar-refractivity contribution in [3.05, 3.63) is 29.6 Å². The number of ether oxygens (including phenoxy) is 1. The van der Waals surface area contributed by atoms with Crippen molar-refractivity contribution in [1.82, 2.24) is 15.5 Å². The number of piperazine rings is 1. The smallest absolute Gasteiger partial charge is 0.237 e. The van der Waals surface area contributed by atoms with Gasteiger partial charge in [0.15, 0.2) is 0 Å². The average Bonchev–Trinajstić information content (AvgIpc) is 2.63. The molecule has 144 valence electrons. The van der Waals surface area contributed by atoms with Gasteiger partial charge in [-0.1, -0.05) is 6.07 Å². The lowest BCUT2D eigenvalue weighted by Crippen LogP contribution is -2.56. The fourth-order valence-electron chi connectivity index (χ4n) is 2.87. The van der Waals surface area contributed by atoms with Crippen LogP contribution < -0.4 is 15.4 Å². The number of halogens is 1. The molecule has 0 spiro atoms. The third-order valence-corrected chi connectivity index (χ3v) is 5.00. The summed E-state index contributed by atoms with van der Waals surface area (Å²) in [6, 6.07) is 4.08. The van der Waals surface area contributed by atoms with Crippen LogP contribution in [0.3, 0.4) is 0 Å².